The zero-order valence-electron chi connectivity index (χ0n) is 11.7. The fraction of sp³-hybridized carbons (Fsp3) is 0.600. The fourth-order valence-electron chi connectivity index (χ4n) is 2.04. The molecule has 0 bridgehead atoms. The molecule has 19 heavy (non-hydrogen) atoms. The Morgan fingerprint density at radius 1 is 1.11 bits per heavy atom. The van der Waals surface area contributed by atoms with Crippen LogP contribution in [0.2, 0.25) is 0 Å². The van der Waals surface area contributed by atoms with Crippen molar-refractivity contribution in [2.75, 3.05) is 13.2 Å². The molecule has 1 rings (SSSR count). The topological polar surface area (TPSA) is 63.5 Å². The molecule has 108 valence electrons. The van der Waals surface area contributed by atoms with Crippen molar-refractivity contribution in [1.82, 2.24) is 0 Å². The Hall–Kier alpha value is -0.550. The van der Waals surface area contributed by atoms with Crippen LogP contribution in [0.5, 0.6) is 0 Å². The number of hydrogen-bond acceptors (Lipinski definition) is 3. The summed E-state index contributed by atoms with van der Waals surface area (Å²) >= 11 is -1.08. The first-order chi connectivity index (χ1) is 9.15. The summed E-state index contributed by atoms with van der Waals surface area (Å²) in [6, 6.07) is 7.86. The molecule has 0 saturated carbocycles. The fourth-order valence-corrected chi connectivity index (χ4v) is 3.57. The lowest BCUT2D eigenvalue weighted by atomic mass is 10.0. The molecule has 0 aliphatic carbocycles. The Labute approximate surface area is 118 Å². The Morgan fingerprint density at radius 3 is 2.11 bits per heavy atom. The van der Waals surface area contributed by atoms with Crippen LogP contribution in [0.4, 0.5) is 0 Å². The molecule has 0 heterocycles. The first-order valence-electron chi connectivity index (χ1n) is 6.87. The van der Waals surface area contributed by atoms with Crippen LogP contribution in [0.25, 0.3) is 0 Å². The first kappa shape index (κ1) is 16.5. The summed E-state index contributed by atoms with van der Waals surface area (Å²) in [6.07, 6.45) is 2.34. The third-order valence-electron chi connectivity index (χ3n) is 3.43. The Balaban J connectivity index is 2.73. The molecule has 2 N–H and O–H groups in total. The van der Waals surface area contributed by atoms with E-state index >= 15 is 0 Å². The molecule has 1 aromatic rings. The molecule has 0 saturated heterocycles. The van der Waals surface area contributed by atoms with E-state index in [-0.39, 0.29) is 24.4 Å². The SMILES string of the molecule is CCc1ccc([S+]([O-])C(CC)CC(CO)CO)cc1. The van der Waals surface area contributed by atoms with Gasteiger partial charge in [0.05, 0.1) is 0 Å². The van der Waals surface area contributed by atoms with Gasteiger partial charge in [-0.25, -0.2) is 0 Å². The van der Waals surface area contributed by atoms with Crippen molar-refractivity contribution in [1.29, 1.82) is 0 Å². The lowest BCUT2D eigenvalue weighted by Crippen LogP contribution is -2.26. The van der Waals surface area contributed by atoms with Gasteiger partial charge in [0.15, 0.2) is 4.90 Å². The van der Waals surface area contributed by atoms with Crippen LogP contribution in [0.15, 0.2) is 29.2 Å². The molecule has 2 unspecified atom stereocenters. The zero-order chi connectivity index (χ0) is 14.3. The molecule has 0 radical (unpaired) electrons. The van der Waals surface area contributed by atoms with Gasteiger partial charge in [0.2, 0.25) is 0 Å². The van der Waals surface area contributed by atoms with Gasteiger partial charge in [-0.15, -0.1) is 0 Å². The summed E-state index contributed by atoms with van der Waals surface area (Å²) in [7, 11) is 0. The first-order valence-corrected chi connectivity index (χ1v) is 8.08. The van der Waals surface area contributed by atoms with E-state index in [1.54, 1.807) is 0 Å². The van der Waals surface area contributed by atoms with Crippen LogP contribution in [-0.4, -0.2) is 33.2 Å². The molecule has 2 atom stereocenters. The highest BCUT2D eigenvalue weighted by atomic mass is 32.2. The molecule has 0 fully saturated rings. The Morgan fingerprint density at radius 2 is 1.68 bits per heavy atom. The maximum atomic E-state index is 12.5. The van der Waals surface area contributed by atoms with Gasteiger partial charge in [-0.2, -0.15) is 0 Å². The van der Waals surface area contributed by atoms with E-state index in [4.69, 9.17) is 10.2 Å². The van der Waals surface area contributed by atoms with Gasteiger partial charge in [-0.1, -0.05) is 26.0 Å². The van der Waals surface area contributed by atoms with E-state index in [1.165, 1.54) is 5.56 Å². The molecule has 0 aliphatic heterocycles. The highest BCUT2D eigenvalue weighted by Crippen LogP contribution is 2.24. The van der Waals surface area contributed by atoms with Gasteiger partial charge in [-0.05, 0) is 41.7 Å². The Bertz CT molecular complexity index is 349. The van der Waals surface area contributed by atoms with E-state index in [1.807, 2.05) is 31.2 Å². The van der Waals surface area contributed by atoms with E-state index in [0.717, 1.165) is 17.7 Å². The predicted molar refractivity (Wildman–Crippen MR) is 78.6 cm³/mol. The minimum absolute atomic E-state index is 0.0169. The minimum atomic E-state index is -1.08. The van der Waals surface area contributed by atoms with Crippen LogP contribution < -0.4 is 0 Å². The summed E-state index contributed by atoms with van der Waals surface area (Å²) in [5.41, 5.74) is 1.23. The largest absolute Gasteiger partial charge is 0.611 e. The van der Waals surface area contributed by atoms with Crippen molar-refractivity contribution in [2.24, 2.45) is 5.92 Å². The standard InChI is InChI=1S/C15H24O3S/c1-3-12-5-7-15(8-6-12)19(18)14(4-2)9-13(10-16)11-17/h5-8,13-14,16-17H,3-4,9-11H2,1-2H3. The van der Waals surface area contributed by atoms with Crippen molar-refractivity contribution in [2.45, 2.75) is 43.3 Å². The van der Waals surface area contributed by atoms with Crippen LogP contribution >= 0.6 is 0 Å². The highest BCUT2D eigenvalue weighted by Gasteiger charge is 2.26. The Kier molecular flexibility index (Phi) is 7.46. The predicted octanol–water partition coefficient (Wildman–Crippen LogP) is 2.13. The molecule has 0 spiro atoms. The number of hydrogen-bond donors (Lipinski definition) is 2. The minimum Gasteiger partial charge on any atom is -0.611 e. The van der Waals surface area contributed by atoms with Crippen LogP contribution in [0.1, 0.15) is 32.3 Å². The van der Waals surface area contributed by atoms with E-state index < -0.39 is 11.2 Å². The van der Waals surface area contributed by atoms with Gasteiger partial charge in [0.1, 0.15) is 5.25 Å². The van der Waals surface area contributed by atoms with Crippen molar-refractivity contribution in [3.05, 3.63) is 29.8 Å². The van der Waals surface area contributed by atoms with Crippen molar-refractivity contribution in [3.8, 4) is 0 Å². The lowest BCUT2D eigenvalue weighted by Gasteiger charge is -2.23. The second-order valence-corrected chi connectivity index (χ2v) is 6.52. The smallest absolute Gasteiger partial charge is 0.152 e. The summed E-state index contributed by atoms with van der Waals surface area (Å²) in [4.78, 5) is 0.832. The van der Waals surface area contributed by atoms with Gasteiger partial charge < -0.3 is 14.8 Å². The van der Waals surface area contributed by atoms with E-state index in [0.29, 0.717) is 6.42 Å². The summed E-state index contributed by atoms with van der Waals surface area (Å²) in [6.45, 7) is 3.97. The van der Waals surface area contributed by atoms with Crippen molar-refractivity contribution >= 4 is 11.2 Å². The van der Waals surface area contributed by atoms with Gasteiger partial charge in [0.25, 0.3) is 0 Å². The molecule has 1 aromatic carbocycles. The molecule has 0 aromatic heterocycles. The molecule has 4 heteroatoms. The number of aliphatic hydroxyl groups is 2. The number of rotatable bonds is 8. The summed E-state index contributed by atoms with van der Waals surface area (Å²) < 4.78 is 12.5. The second kappa shape index (κ2) is 8.59. The summed E-state index contributed by atoms with van der Waals surface area (Å²) in [5.74, 6) is -0.177. The maximum absolute atomic E-state index is 12.5. The van der Waals surface area contributed by atoms with Crippen LogP contribution in [0.3, 0.4) is 0 Å². The van der Waals surface area contributed by atoms with E-state index in [9.17, 15) is 4.55 Å². The van der Waals surface area contributed by atoms with Crippen LogP contribution in [0, 0.1) is 5.92 Å². The quantitative estimate of drug-likeness (QED) is 0.719. The molecular formula is C15H24O3S. The van der Waals surface area contributed by atoms with E-state index in [2.05, 4.69) is 6.92 Å². The average Bonchev–Trinajstić information content (AvgIpc) is 2.48. The second-order valence-electron chi connectivity index (χ2n) is 4.79. The molecular weight excluding hydrogens is 260 g/mol. The molecule has 0 aliphatic rings. The number of benzene rings is 1. The summed E-state index contributed by atoms with van der Waals surface area (Å²) in [5, 5.41) is 18.2. The normalized spacial score (nSPS) is 14.6. The van der Waals surface area contributed by atoms with Crippen molar-refractivity contribution in [3.63, 3.8) is 0 Å². The van der Waals surface area contributed by atoms with Gasteiger partial charge >= 0.3 is 0 Å². The third kappa shape index (κ3) is 4.80. The van der Waals surface area contributed by atoms with Crippen LogP contribution in [-0.2, 0) is 17.6 Å². The average molecular weight is 284 g/mol. The monoisotopic (exact) mass is 284 g/mol. The number of aliphatic hydroxyl groups excluding tert-OH is 2. The van der Waals surface area contributed by atoms with Crippen molar-refractivity contribution < 1.29 is 14.8 Å². The number of aryl methyl sites for hydroxylation is 1. The van der Waals surface area contributed by atoms with Gasteiger partial charge in [0, 0.05) is 25.6 Å². The lowest BCUT2D eigenvalue weighted by molar-refractivity contribution is 0.142. The molecule has 0 amide bonds. The zero-order valence-corrected chi connectivity index (χ0v) is 12.5. The molecule has 3 nitrogen and oxygen atoms in total. The maximum Gasteiger partial charge on any atom is 0.152 e. The van der Waals surface area contributed by atoms with Gasteiger partial charge in [-0.3, -0.25) is 0 Å². The highest BCUT2D eigenvalue weighted by molar-refractivity contribution is 7.92. The third-order valence-corrected chi connectivity index (χ3v) is 5.30.